The van der Waals surface area contributed by atoms with Crippen molar-refractivity contribution in [3.8, 4) is 0 Å². The Kier molecular flexibility index (Phi) is 4.51. The Hall–Kier alpha value is -0.480. The fourth-order valence-electron chi connectivity index (χ4n) is 2.33. The molecule has 0 spiro atoms. The van der Waals surface area contributed by atoms with Crippen LogP contribution in [0.15, 0.2) is 6.20 Å². The van der Waals surface area contributed by atoms with E-state index < -0.39 is 0 Å². The number of nitrogens with one attached hydrogen (secondary N) is 1. The van der Waals surface area contributed by atoms with Gasteiger partial charge in [0.25, 0.3) is 0 Å². The molecule has 96 valence electrons. The number of nitrogens with zero attached hydrogens (tertiary/aromatic N) is 2. The summed E-state index contributed by atoms with van der Waals surface area (Å²) in [5, 5.41) is 8.23. The molecule has 0 radical (unpaired) electrons. The molecule has 0 unspecified atom stereocenters. The Morgan fingerprint density at radius 1 is 1.47 bits per heavy atom. The molecule has 0 bridgehead atoms. The predicted molar refractivity (Wildman–Crippen MR) is 74.5 cm³/mol. The topological polar surface area (TPSA) is 29.9 Å². The van der Waals surface area contributed by atoms with Crippen molar-refractivity contribution in [3.05, 3.63) is 17.5 Å². The number of rotatable bonds is 4. The standard InChI is InChI=1S/C13H23N3S/c1-10(2)13-11(9-16(3)15-13)8-14-12-4-6-17-7-5-12/h9-10,12,14H,4-8H2,1-3H3. The first-order valence-electron chi connectivity index (χ1n) is 6.50. The molecule has 17 heavy (non-hydrogen) atoms. The summed E-state index contributed by atoms with van der Waals surface area (Å²) >= 11 is 2.08. The lowest BCUT2D eigenvalue weighted by molar-refractivity contribution is 0.480. The van der Waals surface area contributed by atoms with Crippen molar-refractivity contribution in [3.63, 3.8) is 0 Å². The third-order valence-corrected chi connectivity index (χ3v) is 4.34. The second kappa shape index (κ2) is 5.91. The smallest absolute Gasteiger partial charge is 0.0694 e. The van der Waals surface area contributed by atoms with Gasteiger partial charge in [0.2, 0.25) is 0 Å². The third-order valence-electron chi connectivity index (χ3n) is 3.29. The van der Waals surface area contributed by atoms with Gasteiger partial charge in [-0.2, -0.15) is 16.9 Å². The maximum Gasteiger partial charge on any atom is 0.0694 e. The van der Waals surface area contributed by atoms with Gasteiger partial charge in [-0.1, -0.05) is 13.8 Å². The summed E-state index contributed by atoms with van der Waals surface area (Å²) in [6, 6.07) is 0.705. The molecule has 0 aliphatic carbocycles. The van der Waals surface area contributed by atoms with Crippen molar-refractivity contribution in [2.45, 2.75) is 45.2 Å². The van der Waals surface area contributed by atoms with Gasteiger partial charge in [-0.15, -0.1) is 0 Å². The molecule has 1 aliphatic rings. The monoisotopic (exact) mass is 253 g/mol. The van der Waals surface area contributed by atoms with Crippen LogP contribution in [0.1, 0.15) is 43.9 Å². The average Bonchev–Trinajstić information content (AvgIpc) is 2.69. The molecule has 4 heteroatoms. The van der Waals surface area contributed by atoms with Gasteiger partial charge in [0.1, 0.15) is 0 Å². The van der Waals surface area contributed by atoms with Crippen LogP contribution in [0.3, 0.4) is 0 Å². The molecule has 2 heterocycles. The molecule has 1 fully saturated rings. The molecule has 1 aliphatic heterocycles. The van der Waals surface area contributed by atoms with E-state index in [1.165, 1.54) is 35.6 Å². The van der Waals surface area contributed by atoms with Crippen molar-refractivity contribution >= 4 is 11.8 Å². The lowest BCUT2D eigenvalue weighted by atomic mass is 10.1. The Morgan fingerprint density at radius 2 is 2.18 bits per heavy atom. The zero-order valence-electron chi connectivity index (χ0n) is 11.1. The van der Waals surface area contributed by atoms with E-state index in [4.69, 9.17) is 0 Å². The quantitative estimate of drug-likeness (QED) is 0.894. The number of aryl methyl sites for hydroxylation is 1. The second-order valence-corrected chi connectivity index (χ2v) is 6.36. The highest BCUT2D eigenvalue weighted by atomic mass is 32.2. The molecular weight excluding hydrogens is 230 g/mol. The van der Waals surface area contributed by atoms with E-state index in [0.29, 0.717) is 12.0 Å². The van der Waals surface area contributed by atoms with Gasteiger partial charge in [-0.3, -0.25) is 4.68 Å². The van der Waals surface area contributed by atoms with Gasteiger partial charge in [0, 0.05) is 31.4 Å². The molecule has 2 rings (SSSR count). The molecule has 0 aromatic carbocycles. The van der Waals surface area contributed by atoms with Crippen molar-refractivity contribution in [1.82, 2.24) is 15.1 Å². The molecular formula is C13H23N3S. The van der Waals surface area contributed by atoms with E-state index in [-0.39, 0.29) is 0 Å². The fraction of sp³-hybridized carbons (Fsp3) is 0.769. The maximum absolute atomic E-state index is 4.55. The van der Waals surface area contributed by atoms with E-state index in [2.05, 4.69) is 42.2 Å². The Morgan fingerprint density at radius 3 is 2.82 bits per heavy atom. The van der Waals surface area contributed by atoms with Crippen molar-refractivity contribution in [2.24, 2.45) is 7.05 Å². The van der Waals surface area contributed by atoms with Crippen LogP contribution in [0.2, 0.25) is 0 Å². The Balaban J connectivity index is 1.93. The highest BCUT2D eigenvalue weighted by Crippen LogP contribution is 2.20. The van der Waals surface area contributed by atoms with Gasteiger partial charge in [-0.05, 0) is 30.3 Å². The Labute approximate surface area is 108 Å². The second-order valence-electron chi connectivity index (χ2n) is 5.14. The number of aromatic nitrogens is 2. The van der Waals surface area contributed by atoms with Crippen LogP contribution in [0.25, 0.3) is 0 Å². The minimum absolute atomic E-state index is 0.509. The van der Waals surface area contributed by atoms with Gasteiger partial charge in [-0.25, -0.2) is 0 Å². The molecule has 1 aromatic rings. The summed E-state index contributed by atoms with van der Waals surface area (Å²) in [7, 11) is 2.01. The zero-order valence-corrected chi connectivity index (χ0v) is 11.9. The van der Waals surface area contributed by atoms with E-state index in [0.717, 1.165) is 6.54 Å². The molecule has 3 nitrogen and oxygen atoms in total. The lowest BCUT2D eigenvalue weighted by Crippen LogP contribution is -2.32. The molecule has 1 saturated heterocycles. The first kappa shape index (κ1) is 13.0. The largest absolute Gasteiger partial charge is 0.310 e. The summed E-state index contributed by atoms with van der Waals surface area (Å²) in [6.07, 6.45) is 4.77. The van der Waals surface area contributed by atoms with Crippen molar-refractivity contribution in [2.75, 3.05) is 11.5 Å². The van der Waals surface area contributed by atoms with E-state index in [9.17, 15) is 0 Å². The molecule has 1 aromatic heterocycles. The van der Waals surface area contributed by atoms with E-state index >= 15 is 0 Å². The zero-order chi connectivity index (χ0) is 12.3. The van der Waals surface area contributed by atoms with Gasteiger partial charge in [0.05, 0.1) is 5.69 Å². The van der Waals surface area contributed by atoms with Crippen molar-refractivity contribution < 1.29 is 0 Å². The molecule has 0 amide bonds. The van der Waals surface area contributed by atoms with Crippen LogP contribution in [0.5, 0.6) is 0 Å². The van der Waals surface area contributed by atoms with Crippen LogP contribution in [0, 0.1) is 0 Å². The summed E-state index contributed by atoms with van der Waals surface area (Å²) in [4.78, 5) is 0. The van der Waals surface area contributed by atoms with Gasteiger partial charge >= 0.3 is 0 Å². The number of hydrogen-bond donors (Lipinski definition) is 1. The Bertz CT molecular complexity index is 354. The summed E-state index contributed by atoms with van der Waals surface area (Å²) < 4.78 is 1.93. The van der Waals surface area contributed by atoms with E-state index in [1.54, 1.807) is 0 Å². The summed E-state index contributed by atoms with van der Waals surface area (Å²) in [5.74, 6) is 3.12. The average molecular weight is 253 g/mol. The highest BCUT2D eigenvalue weighted by Gasteiger charge is 2.15. The highest BCUT2D eigenvalue weighted by molar-refractivity contribution is 7.99. The van der Waals surface area contributed by atoms with Crippen LogP contribution in [0.4, 0.5) is 0 Å². The summed E-state index contributed by atoms with van der Waals surface area (Å²) in [6.45, 7) is 5.39. The maximum atomic E-state index is 4.55. The van der Waals surface area contributed by atoms with Gasteiger partial charge < -0.3 is 5.32 Å². The first-order valence-corrected chi connectivity index (χ1v) is 7.66. The minimum atomic E-state index is 0.509. The molecule has 0 atom stereocenters. The lowest BCUT2D eigenvalue weighted by Gasteiger charge is -2.22. The van der Waals surface area contributed by atoms with Crippen molar-refractivity contribution in [1.29, 1.82) is 0 Å². The number of hydrogen-bond acceptors (Lipinski definition) is 3. The third kappa shape index (κ3) is 3.49. The normalized spacial score (nSPS) is 17.9. The number of thioether (sulfide) groups is 1. The summed E-state index contributed by atoms with van der Waals surface area (Å²) in [5.41, 5.74) is 2.60. The first-order chi connectivity index (χ1) is 8.16. The minimum Gasteiger partial charge on any atom is -0.310 e. The van der Waals surface area contributed by atoms with Gasteiger partial charge in [0.15, 0.2) is 0 Å². The van der Waals surface area contributed by atoms with Crippen LogP contribution in [-0.2, 0) is 13.6 Å². The molecule has 1 N–H and O–H groups in total. The SMILES string of the molecule is CC(C)c1nn(C)cc1CNC1CCSCC1. The van der Waals surface area contributed by atoms with Crippen LogP contribution < -0.4 is 5.32 Å². The molecule has 0 saturated carbocycles. The fourth-order valence-corrected chi connectivity index (χ4v) is 3.44. The van der Waals surface area contributed by atoms with Crippen LogP contribution in [-0.4, -0.2) is 27.3 Å². The predicted octanol–water partition coefficient (Wildman–Crippen LogP) is 2.53. The van der Waals surface area contributed by atoms with Crippen LogP contribution >= 0.6 is 11.8 Å². The van der Waals surface area contributed by atoms with E-state index in [1.807, 2.05) is 11.7 Å².